The number of carboxylic acid groups (broad SMARTS) is 1. The van der Waals surface area contributed by atoms with Gasteiger partial charge < -0.3 is 158 Å². The second-order valence-corrected chi connectivity index (χ2v) is 33.0. The topological polar surface area (TPSA) is 611 Å². The molecule has 0 saturated carbocycles. The van der Waals surface area contributed by atoms with Gasteiger partial charge in [0.1, 0.15) is 137 Å². The van der Waals surface area contributed by atoms with Crippen LogP contribution in [-0.2, 0) is 68.6 Å². The summed E-state index contributed by atoms with van der Waals surface area (Å²) in [5, 5.41) is 159. The number of aliphatic hydroxyl groups is 8. The lowest BCUT2D eigenvalue weighted by Crippen LogP contribution is -2.65. The Kier molecular flexibility index (Phi) is 30.1. The zero-order chi connectivity index (χ0) is 91.6. The van der Waals surface area contributed by atoms with E-state index in [9.17, 15) is 80.1 Å². The van der Waals surface area contributed by atoms with Gasteiger partial charge in [-0.3, -0.25) is 33.6 Å². The van der Waals surface area contributed by atoms with Gasteiger partial charge in [-0.15, -0.1) is 0 Å². The fourth-order valence-corrected chi connectivity index (χ4v) is 16.1. The van der Waals surface area contributed by atoms with Gasteiger partial charge in [0.05, 0.1) is 41.3 Å². The summed E-state index contributed by atoms with van der Waals surface area (Å²) in [4.78, 5) is 120. The lowest BCUT2D eigenvalue weighted by Gasteiger charge is -2.46. The van der Waals surface area contributed by atoms with Crippen LogP contribution in [0.2, 0.25) is 10.0 Å². The molecule has 39 nitrogen and oxygen atoms in total. The Labute approximate surface area is 739 Å². The van der Waals surface area contributed by atoms with Crippen molar-refractivity contribution in [3.63, 3.8) is 0 Å². The number of nitrogens with two attached hydrogens (primary N) is 2. The maximum absolute atomic E-state index is 16.4. The van der Waals surface area contributed by atoms with Gasteiger partial charge in [0.25, 0.3) is 0 Å². The first-order chi connectivity index (χ1) is 60.3. The molecule has 0 radical (unpaired) electrons. The molecule has 23 atom stereocenters. The number of rotatable bonds is 21. The Morgan fingerprint density at radius 3 is 1.87 bits per heavy atom. The number of carboxylic acids is 1. The average Bonchev–Trinajstić information content (AvgIpc) is 0.741. The van der Waals surface area contributed by atoms with E-state index in [-0.39, 0.29) is 50.4 Å². The van der Waals surface area contributed by atoms with E-state index in [0.717, 1.165) is 66.7 Å². The molecule has 2 unspecified atom stereocenters. The molecule has 11 bridgehead atoms. The van der Waals surface area contributed by atoms with E-state index < -0.39 is 290 Å². The summed E-state index contributed by atoms with van der Waals surface area (Å²) in [6, 6.07) is 11.0. The third kappa shape index (κ3) is 21.2. The SMILES string of the molecule is C.CN[C@H](CC(C)C)C(=O)NC1C(=O)N[C@@H](CC(N)=O)C(=O)N[C@H]2C(=O)N[C@H]3C(=O)N[C@H](C(=O)N[C@@H](C(=O)O)c4cc(O)cc(O)c4-c4cc3ccc4O)[C@H](OC3C[C@](C)(N)[C@@H](O)[C@H](C)O3)c3ccc(c(Cl)c3)Oc3cc2cc(c3O[C@@H]2O[C@H](CO)[C@@H](O[C@@H]3O[C@H](CNCc4ccc(Oc5ccc(F)cc5)cc4)[C@H](O)[C@H](O)[C@H]3O)[C@H](O)[C@H]2O)Oc2ccc(cc2Cl)[C@H]1O. The van der Waals surface area contributed by atoms with E-state index in [1.165, 1.54) is 57.3 Å². The van der Waals surface area contributed by atoms with Crippen molar-refractivity contribution in [3.05, 3.63) is 177 Å². The molecule has 8 aliphatic heterocycles. The van der Waals surface area contributed by atoms with Crippen molar-refractivity contribution in [1.82, 2.24) is 42.5 Å². The Bertz CT molecular complexity index is 5280. The Morgan fingerprint density at radius 2 is 1.25 bits per heavy atom. The molecular weight excluding hydrogens is 1730 g/mol. The smallest absolute Gasteiger partial charge is 0.330 e. The number of phenolic OH excluding ortho intramolecular Hbond substituents is 3. The van der Waals surface area contributed by atoms with Crippen molar-refractivity contribution in [3.8, 4) is 68.6 Å². The van der Waals surface area contributed by atoms with Crippen molar-refractivity contribution in [2.45, 2.75) is 201 Å². The quantitative estimate of drug-likeness (QED) is 0.0491. The molecular formula is C86H99Cl2FN10O29. The van der Waals surface area contributed by atoms with E-state index in [0.29, 0.717) is 17.1 Å². The lowest BCUT2D eigenvalue weighted by molar-refractivity contribution is -0.350. The largest absolute Gasteiger partial charge is 0.508 e. The summed E-state index contributed by atoms with van der Waals surface area (Å²) in [5.74, 6) is -16.4. The molecule has 3 saturated heterocycles. The van der Waals surface area contributed by atoms with Gasteiger partial charge in [-0.05, 0) is 152 Å². The number of carbonyl (C=O) groups is 8. The maximum atomic E-state index is 16.4. The fraction of sp³-hybridized carbons (Fsp3) is 0.419. The number of primary amides is 1. The third-order valence-corrected chi connectivity index (χ3v) is 22.9. The number of hydrogen-bond donors (Lipinski definition) is 22. The minimum atomic E-state index is -2.43. The Hall–Kier alpha value is -11.2. The van der Waals surface area contributed by atoms with Crippen molar-refractivity contribution in [1.29, 1.82) is 0 Å². The molecule has 8 heterocycles. The van der Waals surface area contributed by atoms with Crippen molar-refractivity contribution in [2.24, 2.45) is 17.4 Å². The number of fused-ring (bicyclic) bond motifs is 15. The molecule has 7 aromatic rings. The fourth-order valence-electron chi connectivity index (χ4n) is 15.7. The second kappa shape index (κ2) is 40.2. The average molecular weight is 1830 g/mol. The number of ether oxygens (including phenoxy) is 9. The number of halogens is 3. The maximum Gasteiger partial charge on any atom is 0.330 e. The zero-order valence-corrected chi connectivity index (χ0v) is 69.8. The van der Waals surface area contributed by atoms with Crippen LogP contribution in [0.1, 0.15) is 118 Å². The summed E-state index contributed by atoms with van der Waals surface area (Å²) in [6.45, 7) is 5.30. The van der Waals surface area contributed by atoms with E-state index in [1.807, 2.05) is 0 Å². The van der Waals surface area contributed by atoms with E-state index in [2.05, 4.69) is 42.5 Å². The molecule has 0 aromatic heterocycles. The number of benzene rings is 7. The van der Waals surface area contributed by atoms with Crippen molar-refractivity contribution >= 4 is 70.5 Å². The van der Waals surface area contributed by atoms with Crippen LogP contribution in [-0.4, -0.2) is 238 Å². The van der Waals surface area contributed by atoms with Gasteiger partial charge in [-0.2, -0.15) is 0 Å². The van der Waals surface area contributed by atoms with Crippen LogP contribution in [0.4, 0.5) is 4.39 Å². The highest BCUT2D eigenvalue weighted by atomic mass is 35.5. The standard InChI is InChI=1S/C85H95Cl2FN10O29.CH4/c1-33(2)20-48(91-5)76(111)97-64-66(104)37-9-18-52(46(86)22-37)121-54-24-39-25-55(73(54)126-84-71(109)69(107)74(57(32-99)124-84)127-83-70(108)68(106)67(105)56(123-83)31-92-30-35-6-13-42(14-7-35)120-43-15-11-40(88)12-16-43)122-53-19-10-38(23-47(53)87)72(125-59-29-85(4,90)75(110)34(3)119-59)65-81(116)96-63(82(117)118)45-26-41(100)27-51(102)60(45)44-21-36(8-17-50(44)101)61(78(113)98-65)95-79(114)62(39)94-77(112)49(28-58(89)103)93-80(64)115;/h6-19,21-27,33-34,48-49,56-57,59,61-72,74-75,83-84,91-92,99-102,104-110H,20,28-32,90H2,1-5H3,(H2,89,103)(H,93,115)(H,94,112)(H,95,114)(H,96,116)(H,97,111)(H,98,113)(H,117,118);1H4/t34-,48+,49-,56+,57+,59?,61+,62+,63+,64?,65-,66+,67-,68-,69+,70+,71+,72+,74+,75-,83-,84-,85-;/m0./s1. The number of hydrogen-bond acceptors (Lipinski definition) is 31. The van der Waals surface area contributed by atoms with Gasteiger partial charge in [-0.25, -0.2) is 9.18 Å². The van der Waals surface area contributed by atoms with Crippen LogP contribution in [0.3, 0.4) is 0 Å². The first-order valence-corrected chi connectivity index (χ1v) is 40.9. The van der Waals surface area contributed by atoms with Crippen LogP contribution in [0.5, 0.6) is 57.5 Å². The summed E-state index contributed by atoms with van der Waals surface area (Å²) < 4.78 is 70.5. The van der Waals surface area contributed by atoms with Crippen LogP contribution >= 0.6 is 23.2 Å². The molecule has 0 spiro atoms. The van der Waals surface area contributed by atoms with Crippen LogP contribution in [0.15, 0.2) is 127 Å². The Morgan fingerprint density at radius 1 is 0.648 bits per heavy atom. The molecule has 42 heteroatoms. The van der Waals surface area contributed by atoms with Gasteiger partial charge in [0.2, 0.25) is 53.4 Å². The summed E-state index contributed by atoms with van der Waals surface area (Å²) >= 11 is 14.5. The predicted octanol–water partition coefficient (Wildman–Crippen LogP) is 2.30. The van der Waals surface area contributed by atoms with Crippen LogP contribution in [0.25, 0.3) is 11.1 Å². The molecule has 3 fully saturated rings. The highest BCUT2D eigenvalue weighted by molar-refractivity contribution is 6.32. The minimum absolute atomic E-state index is 0. The number of aliphatic carboxylic acids is 1. The first kappa shape index (κ1) is 95.9. The van der Waals surface area contributed by atoms with Gasteiger partial charge in [-0.1, -0.05) is 74.8 Å². The zero-order valence-electron chi connectivity index (χ0n) is 68.2. The minimum Gasteiger partial charge on any atom is -0.508 e. The molecule has 128 heavy (non-hydrogen) atoms. The van der Waals surface area contributed by atoms with E-state index >= 15 is 24.0 Å². The van der Waals surface area contributed by atoms with Crippen molar-refractivity contribution < 1.29 is 147 Å². The molecule has 0 aliphatic carbocycles. The van der Waals surface area contributed by atoms with Gasteiger partial charge >= 0.3 is 5.97 Å². The molecule has 24 N–H and O–H groups in total. The Balaban J connectivity index is 0.0000149. The number of aliphatic hydroxyl groups excluding tert-OH is 8. The van der Waals surface area contributed by atoms with Gasteiger partial charge in [0.15, 0.2) is 30.1 Å². The van der Waals surface area contributed by atoms with Crippen LogP contribution in [0, 0.1) is 11.7 Å². The number of nitrogens with one attached hydrogen (secondary N) is 8. The van der Waals surface area contributed by atoms with Crippen molar-refractivity contribution in [2.75, 3.05) is 20.2 Å². The highest BCUT2D eigenvalue weighted by Gasteiger charge is 2.53. The molecule has 7 amide bonds. The summed E-state index contributed by atoms with van der Waals surface area (Å²) in [5.41, 5.74) is 8.63. The molecule has 8 aliphatic rings. The monoisotopic (exact) mass is 1820 g/mol. The second-order valence-electron chi connectivity index (χ2n) is 32.2. The number of phenols is 3. The highest BCUT2D eigenvalue weighted by Crippen LogP contribution is 2.50. The van der Waals surface area contributed by atoms with E-state index in [4.69, 9.17) is 77.3 Å². The number of likely N-dealkylation sites (N-methyl/N-ethyl adjacent to an activating group) is 1. The number of aromatic hydroxyl groups is 3. The predicted molar refractivity (Wildman–Crippen MR) is 446 cm³/mol. The van der Waals surface area contributed by atoms with E-state index in [1.54, 1.807) is 38.1 Å². The summed E-state index contributed by atoms with van der Waals surface area (Å²) in [7, 11) is 1.46. The van der Waals surface area contributed by atoms with Gasteiger partial charge in [0, 0.05) is 47.8 Å². The summed E-state index contributed by atoms with van der Waals surface area (Å²) in [6.07, 6.45) is -29.4. The molecule has 688 valence electrons. The number of carbonyl (C=O) groups excluding carboxylic acids is 7. The lowest BCUT2D eigenvalue weighted by atomic mass is 9.86. The van der Waals surface area contributed by atoms with Crippen LogP contribution < -0.4 is 72.9 Å². The molecule has 7 aromatic carbocycles. The molecule has 15 rings (SSSR count). The normalized spacial score (nSPS) is 29.2. The third-order valence-electron chi connectivity index (χ3n) is 22.3. The first-order valence-electron chi connectivity index (χ1n) is 40.1. The number of amides is 7.